The van der Waals surface area contributed by atoms with E-state index in [2.05, 4.69) is 14.0 Å². The van der Waals surface area contributed by atoms with Gasteiger partial charge in [-0.15, -0.1) is 0 Å². The number of esters is 3. The number of likely N-dealkylation sites (N-methyl/N-ethyl adjacent to an activating group) is 1. The van der Waals surface area contributed by atoms with E-state index in [1.165, 1.54) is 0 Å². The summed E-state index contributed by atoms with van der Waals surface area (Å²) in [4.78, 5) is 52.1. The quantitative estimate of drug-likeness (QED) is 0.112. The first-order valence-electron chi connectivity index (χ1n) is 20.1. The van der Waals surface area contributed by atoms with Gasteiger partial charge in [0.2, 0.25) is 0 Å². The van der Waals surface area contributed by atoms with Crippen molar-refractivity contribution in [2.24, 2.45) is 28.6 Å². The van der Waals surface area contributed by atoms with Gasteiger partial charge < -0.3 is 43.5 Å². The standard InChI is InChI=1S/C42H54NO11/c1-39-12-9-30-31(42(39,50)15-11-29(39)25-16-34(46)51-22-25)10-14-41(49)19-26(8-13-40(30,41)23-45)52-35(47)20-43(2)32-17-27(18-33(43)37-36(32)54-37)53-38(48)28(21-44)24-6-4-3-5-7-24/h3-7,16,23,26-33,36-37,44,49-50H,8-15,17-22H2,1-2H3/q+1/t26?,27?,28?,29?,30-,31+,32?,33?,36?,37?,39?,40?,41?,42?,43?/m0/s1. The summed E-state index contributed by atoms with van der Waals surface area (Å²) in [5.41, 5.74) is -2.21. The molecule has 1 aromatic carbocycles. The molecule has 4 aliphatic carbocycles. The maximum atomic E-state index is 13.8. The van der Waals surface area contributed by atoms with Crippen LogP contribution in [-0.2, 0) is 38.1 Å². The summed E-state index contributed by atoms with van der Waals surface area (Å²) in [7, 11) is 2.06. The molecule has 3 N–H and O–H groups in total. The zero-order valence-corrected chi connectivity index (χ0v) is 31.3. The van der Waals surface area contributed by atoms with Crippen molar-refractivity contribution in [1.82, 2.24) is 0 Å². The number of quaternary nitrogens is 1. The van der Waals surface area contributed by atoms with Gasteiger partial charge in [-0.3, -0.25) is 4.79 Å². The molecule has 11 unspecified atom stereocenters. The number of ether oxygens (including phenoxy) is 4. The van der Waals surface area contributed by atoms with Crippen LogP contribution in [0.25, 0.3) is 0 Å². The summed E-state index contributed by atoms with van der Waals surface area (Å²) in [6.07, 6.45) is 7.40. The lowest BCUT2D eigenvalue weighted by Crippen LogP contribution is -2.69. The molecule has 1 aromatic rings. The predicted octanol–water partition coefficient (Wildman–Crippen LogP) is 2.90. The Kier molecular flexibility index (Phi) is 8.56. The van der Waals surface area contributed by atoms with Crippen LogP contribution in [0.1, 0.15) is 89.0 Å². The van der Waals surface area contributed by atoms with Crippen LogP contribution in [-0.4, -0.2) is 119 Å². The van der Waals surface area contributed by atoms with E-state index in [0.717, 1.165) is 18.3 Å². The summed E-state index contributed by atoms with van der Waals surface area (Å²) in [6.45, 7) is 2.19. The molecule has 54 heavy (non-hydrogen) atoms. The molecule has 12 heteroatoms. The van der Waals surface area contributed by atoms with Gasteiger partial charge in [0.05, 0.1) is 30.3 Å². The number of benzene rings is 1. The lowest BCUT2D eigenvalue weighted by Gasteiger charge is -2.65. The van der Waals surface area contributed by atoms with Crippen molar-refractivity contribution in [3.05, 3.63) is 47.5 Å². The lowest BCUT2D eigenvalue weighted by atomic mass is 9.41. The maximum Gasteiger partial charge on any atom is 0.362 e. The van der Waals surface area contributed by atoms with Crippen molar-refractivity contribution in [2.45, 2.75) is 131 Å². The van der Waals surface area contributed by atoms with Crippen LogP contribution in [0.3, 0.4) is 0 Å². The number of cyclic esters (lactones) is 1. The topological polar surface area (TPSA) is 169 Å². The number of rotatable bonds is 9. The first-order valence-corrected chi connectivity index (χ1v) is 20.1. The van der Waals surface area contributed by atoms with Gasteiger partial charge >= 0.3 is 17.9 Å². The van der Waals surface area contributed by atoms with E-state index >= 15 is 0 Å². The molecule has 4 heterocycles. The van der Waals surface area contributed by atoms with E-state index in [4.69, 9.17) is 18.9 Å². The minimum atomic E-state index is -1.35. The third kappa shape index (κ3) is 5.18. The molecule has 8 aliphatic rings. The number of nitrogens with zero attached hydrogens (tertiary/aromatic N) is 1. The Morgan fingerprint density at radius 2 is 1.69 bits per heavy atom. The molecule has 0 radical (unpaired) electrons. The molecule has 4 aliphatic heterocycles. The molecule has 9 rings (SSSR count). The van der Waals surface area contributed by atoms with E-state index in [0.29, 0.717) is 67.8 Å². The van der Waals surface area contributed by atoms with E-state index in [1.807, 2.05) is 18.2 Å². The van der Waals surface area contributed by atoms with Crippen molar-refractivity contribution in [3.63, 3.8) is 0 Å². The van der Waals surface area contributed by atoms with E-state index < -0.39 is 40.0 Å². The minimum Gasteiger partial charge on any atom is -0.461 e. The molecule has 4 saturated carbocycles. The van der Waals surface area contributed by atoms with Gasteiger partial charge in [0, 0.05) is 30.8 Å². The first kappa shape index (κ1) is 36.5. The number of epoxide rings is 1. The Balaban J connectivity index is 0.847. The van der Waals surface area contributed by atoms with Crippen molar-refractivity contribution < 1.29 is 57.9 Å². The van der Waals surface area contributed by atoms with Crippen molar-refractivity contribution in [2.75, 3.05) is 26.8 Å². The second-order valence-electron chi connectivity index (χ2n) is 18.5. The van der Waals surface area contributed by atoms with Crippen molar-refractivity contribution in [3.8, 4) is 0 Å². The van der Waals surface area contributed by atoms with E-state index in [9.17, 15) is 34.5 Å². The molecule has 3 saturated heterocycles. The van der Waals surface area contributed by atoms with Crippen LogP contribution in [0.4, 0.5) is 0 Å². The molecular formula is C42H54NO11+. The fourth-order valence-corrected chi connectivity index (χ4v) is 13.6. The van der Waals surface area contributed by atoms with Crippen molar-refractivity contribution >= 4 is 24.2 Å². The van der Waals surface area contributed by atoms with Gasteiger partial charge in [0.1, 0.15) is 55.3 Å². The Bertz CT molecular complexity index is 1730. The smallest absolute Gasteiger partial charge is 0.362 e. The average Bonchev–Trinajstić information content (AvgIpc) is 3.69. The number of hydrogen-bond donors (Lipinski definition) is 3. The van der Waals surface area contributed by atoms with Crippen LogP contribution in [0, 0.1) is 28.6 Å². The summed E-state index contributed by atoms with van der Waals surface area (Å²) in [5.74, 6) is -2.20. The molecule has 12 nitrogen and oxygen atoms in total. The van der Waals surface area contributed by atoms with Crippen molar-refractivity contribution in [1.29, 1.82) is 0 Å². The number of morpholine rings is 1. The average molecular weight is 749 g/mol. The number of carbonyl (C=O) groups is 4. The monoisotopic (exact) mass is 748 g/mol. The second kappa shape index (κ2) is 12.7. The Labute approximate surface area is 315 Å². The fraction of sp³-hybridized carbons (Fsp3) is 0.714. The highest BCUT2D eigenvalue weighted by Gasteiger charge is 2.74. The van der Waals surface area contributed by atoms with Gasteiger partial charge in [-0.1, -0.05) is 37.3 Å². The van der Waals surface area contributed by atoms with E-state index in [1.54, 1.807) is 18.2 Å². The highest BCUT2D eigenvalue weighted by atomic mass is 16.6. The number of hydrogen-bond acceptors (Lipinski definition) is 11. The first-order chi connectivity index (χ1) is 25.8. The Morgan fingerprint density at radius 3 is 2.35 bits per heavy atom. The normalized spacial score (nSPS) is 47.5. The number of aliphatic hydroxyl groups is 3. The van der Waals surface area contributed by atoms with Gasteiger partial charge in [-0.25, -0.2) is 9.59 Å². The van der Waals surface area contributed by atoms with Gasteiger partial charge in [0.25, 0.3) is 0 Å². The molecule has 0 spiro atoms. The van der Waals surface area contributed by atoms with E-state index in [-0.39, 0.29) is 86.3 Å². The molecule has 0 amide bonds. The molecule has 2 bridgehead atoms. The largest absolute Gasteiger partial charge is 0.461 e. The zero-order chi connectivity index (χ0) is 37.8. The van der Waals surface area contributed by atoms with Crippen LogP contribution in [0.2, 0.25) is 0 Å². The highest BCUT2D eigenvalue weighted by Crippen LogP contribution is 2.70. The van der Waals surface area contributed by atoms with Crippen LogP contribution < -0.4 is 0 Å². The zero-order valence-electron chi connectivity index (χ0n) is 31.3. The molecule has 13 atom stereocenters. The maximum absolute atomic E-state index is 13.8. The van der Waals surface area contributed by atoms with Crippen LogP contribution >= 0.6 is 0 Å². The summed E-state index contributed by atoms with van der Waals surface area (Å²) in [5, 5.41) is 34.9. The Hall–Kier alpha value is -3.16. The third-order valence-corrected chi connectivity index (χ3v) is 16.4. The predicted molar refractivity (Wildman–Crippen MR) is 190 cm³/mol. The molecule has 0 aromatic heterocycles. The number of piperidine rings is 1. The fourth-order valence-electron chi connectivity index (χ4n) is 13.6. The Morgan fingerprint density at radius 1 is 0.963 bits per heavy atom. The van der Waals surface area contributed by atoms with Crippen LogP contribution in [0.15, 0.2) is 42.0 Å². The summed E-state index contributed by atoms with van der Waals surface area (Å²) >= 11 is 0. The molecule has 292 valence electrons. The van der Waals surface area contributed by atoms with Crippen LogP contribution in [0.5, 0.6) is 0 Å². The minimum absolute atomic E-state index is 0.00826. The summed E-state index contributed by atoms with van der Waals surface area (Å²) in [6, 6.07) is 9.03. The van der Waals surface area contributed by atoms with Gasteiger partial charge in [-0.05, 0) is 80.3 Å². The second-order valence-corrected chi connectivity index (χ2v) is 18.5. The number of aliphatic hydroxyl groups excluding tert-OH is 1. The molecule has 7 fully saturated rings. The number of aldehydes is 1. The molecular weight excluding hydrogens is 694 g/mol. The van der Waals surface area contributed by atoms with Gasteiger partial charge in [-0.2, -0.15) is 0 Å². The van der Waals surface area contributed by atoms with Gasteiger partial charge in [0.15, 0.2) is 6.54 Å². The lowest BCUT2D eigenvalue weighted by molar-refractivity contribution is -0.949. The summed E-state index contributed by atoms with van der Waals surface area (Å²) < 4.78 is 23.8. The highest BCUT2D eigenvalue weighted by molar-refractivity contribution is 5.85. The number of carbonyl (C=O) groups excluding carboxylic acids is 4. The SMILES string of the molecule is CC12CC[C@H]3[C@@H](CCC4(O)CC(OC(=O)C[N+]5(C)C6CC(OC(=O)C(CO)c7ccccc7)CC5C5OC56)CCC34C=O)C1(O)CCC2C1=CC(=O)OC1. The third-order valence-electron chi connectivity index (χ3n) is 16.4. The number of fused-ring (bicyclic) bond motifs is 10.